The number of para-hydroxylation sites is 1. The Labute approximate surface area is 207 Å². The summed E-state index contributed by atoms with van der Waals surface area (Å²) >= 11 is 0. The maximum absolute atomic E-state index is 13.4. The molecule has 0 spiro atoms. The van der Waals surface area contributed by atoms with Crippen LogP contribution in [0, 0.1) is 16.7 Å². The SMILES string of the molecule is CCN1C[C@]23CCC=CC[C@]2(O)[C@@](COC(=O)c2ccccc2N2C(=O)C[C@@H](C)C2=O)(CCC3)C1. The van der Waals surface area contributed by atoms with Gasteiger partial charge in [0, 0.05) is 36.3 Å². The van der Waals surface area contributed by atoms with Gasteiger partial charge in [0.2, 0.25) is 11.8 Å². The van der Waals surface area contributed by atoms with Gasteiger partial charge in [-0.25, -0.2) is 9.69 Å². The summed E-state index contributed by atoms with van der Waals surface area (Å²) in [6.07, 6.45) is 9.68. The maximum atomic E-state index is 13.4. The number of anilines is 1. The van der Waals surface area contributed by atoms with Crippen molar-refractivity contribution in [3.05, 3.63) is 42.0 Å². The highest BCUT2D eigenvalue weighted by Crippen LogP contribution is 2.62. The van der Waals surface area contributed by atoms with Crippen molar-refractivity contribution in [3.8, 4) is 0 Å². The molecule has 2 aliphatic carbocycles. The molecule has 1 aromatic carbocycles. The average Bonchev–Trinajstić information content (AvgIpc) is 2.97. The Morgan fingerprint density at radius 2 is 1.94 bits per heavy atom. The van der Waals surface area contributed by atoms with Gasteiger partial charge in [0.05, 0.1) is 16.9 Å². The number of benzene rings is 1. The molecule has 1 saturated carbocycles. The molecule has 7 heteroatoms. The fourth-order valence-corrected chi connectivity index (χ4v) is 7.27. The Kier molecular flexibility index (Phi) is 6.12. The topological polar surface area (TPSA) is 87.2 Å². The molecule has 2 saturated heterocycles. The van der Waals surface area contributed by atoms with Crippen molar-refractivity contribution in [3.63, 3.8) is 0 Å². The fourth-order valence-electron chi connectivity index (χ4n) is 7.27. The summed E-state index contributed by atoms with van der Waals surface area (Å²) in [4.78, 5) is 42.1. The Hall–Kier alpha value is -2.51. The van der Waals surface area contributed by atoms with Crippen LogP contribution in [0.4, 0.5) is 5.69 Å². The number of hydrogen-bond acceptors (Lipinski definition) is 6. The fraction of sp³-hybridized carbons (Fsp3) is 0.607. The number of aliphatic hydroxyl groups is 1. The van der Waals surface area contributed by atoms with Crippen LogP contribution in [0.2, 0.25) is 0 Å². The molecule has 2 heterocycles. The number of rotatable bonds is 5. The summed E-state index contributed by atoms with van der Waals surface area (Å²) in [5, 5.41) is 12.3. The van der Waals surface area contributed by atoms with Crippen molar-refractivity contribution in [1.29, 1.82) is 0 Å². The lowest BCUT2D eigenvalue weighted by atomic mass is 9.47. The van der Waals surface area contributed by atoms with Crippen LogP contribution in [-0.2, 0) is 14.3 Å². The standard InChI is InChI=1S/C28H36N2O5/c1-3-29-17-26-12-7-4-8-15-28(26,34)27(18-29,14-9-13-26)19-35-25(33)21-10-5-6-11-22(21)30-23(31)16-20(2)24(30)32/h4-6,8,10-11,20,34H,3,7,9,12-19H2,1-2H3/t20-,26-,27+,28-/m1/s1. The van der Waals surface area contributed by atoms with Gasteiger partial charge in [0.25, 0.3) is 0 Å². The van der Waals surface area contributed by atoms with E-state index in [1.165, 1.54) is 0 Å². The highest BCUT2D eigenvalue weighted by atomic mass is 16.5. The van der Waals surface area contributed by atoms with Crippen molar-refractivity contribution in [1.82, 2.24) is 4.90 Å². The molecule has 7 nitrogen and oxygen atoms in total. The van der Waals surface area contributed by atoms with Gasteiger partial charge in [0.15, 0.2) is 0 Å². The van der Waals surface area contributed by atoms with Crippen molar-refractivity contribution in [2.45, 2.75) is 64.4 Å². The molecule has 0 unspecified atom stereocenters. The average molecular weight is 481 g/mol. The maximum Gasteiger partial charge on any atom is 0.340 e. The third kappa shape index (κ3) is 3.66. The van der Waals surface area contributed by atoms with Gasteiger partial charge in [0.1, 0.15) is 6.61 Å². The highest BCUT2D eigenvalue weighted by molar-refractivity contribution is 6.22. The zero-order valence-corrected chi connectivity index (χ0v) is 20.8. The number of nitrogens with zero attached hydrogens (tertiary/aromatic N) is 2. The molecular weight excluding hydrogens is 444 g/mol. The first kappa shape index (κ1) is 24.2. The number of piperidine rings is 1. The Morgan fingerprint density at radius 3 is 2.69 bits per heavy atom. The van der Waals surface area contributed by atoms with Crippen LogP contribution in [0.5, 0.6) is 0 Å². The number of amides is 2. The van der Waals surface area contributed by atoms with Crippen molar-refractivity contribution >= 4 is 23.5 Å². The van der Waals surface area contributed by atoms with Gasteiger partial charge < -0.3 is 14.7 Å². The molecule has 3 fully saturated rings. The minimum Gasteiger partial charge on any atom is -0.461 e. The predicted molar refractivity (Wildman–Crippen MR) is 132 cm³/mol. The first-order valence-corrected chi connectivity index (χ1v) is 13.0. The molecule has 5 rings (SSSR count). The number of allylic oxidation sites excluding steroid dienone is 1. The molecule has 4 atom stereocenters. The summed E-state index contributed by atoms with van der Waals surface area (Å²) in [6.45, 7) is 6.43. The second-order valence-corrected chi connectivity index (χ2v) is 11.1. The van der Waals surface area contributed by atoms with E-state index < -0.39 is 22.9 Å². The van der Waals surface area contributed by atoms with Crippen molar-refractivity contribution in [2.75, 3.05) is 31.1 Å². The van der Waals surface area contributed by atoms with E-state index >= 15 is 0 Å². The summed E-state index contributed by atoms with van der Waals surface area (Å²) in [6, 6.07) is 6.65. The quantitative estimate of drug-likeness (QED) is 0.393. The number of carbonyl (C=O) groups is 3. The van der Waals surface area contributed by atoms with E-state index in [2.05, 4.69) is 24.0 Å². The first-order valence-electron chi connectivity index (χ1n) is 13.0. The zero-order chi connectivity index (χ0) is 24.8. The van der Waals surface area contributed by atoms with E-state index in [1.807, 2.05) is 0 Å². The minimum atomic E-state index is -0.937. The Morgan fingerprint density at radius 1 is 1.14 bits per heavy atom. The summed E-state index contributed by atoms with van der Waals surface area (Å²) in [5.74, 6) is -1.56. The lowest BCUT2D eigenvalue weighted by Crippen LogP contribution is -2.73. The molecule has 188 valence electrons. The number of carbonyl (C=O) groups excluding carboxylic acids is 3. The highest BCUT2D eigenvalue weighted by Gasteiger charge is 2.67. The number of esters is 1. The lowest BCUT2D eigenvalue weighted by Gasteiger charge is -2.66. The molecule has 2 bridgehead atoms. The first-order chi connectivity index (χ1) is 16.8. The molecule has 0 radical (unpaired) electrons. The van der Waals surface area contributed by atoms with Gasteiger partial charge in [-0.2, -0.15) is 0 Å². The third-order valence-corrected chi connectivity index (χ3v) is 9.15. The largest absolute Gasteiger partial charge is 0.461 e. The van der Waals surface area contributed by atoms with Crippen molar-refractivity contribution in [2.24, 2.45) is 16.7 Å². The number of ether oxygens (including phenoxy) is 1. The van der Waals surface area contributed by atoms with Gasteiger partial charge >= 0.3 is 5.97 Å². The van der Waals surface area contributed by atoms with E-state index in [9.17, 15) is 19.5 Å². The van der Waals surface area contributed by atoms with Crippen LogP contribution in [0.3, 0.4) is 0 Å². The summed E-state index contributed by atoms with van der Waals surface area (Å²) in [5.41, 5.74) is -1.22. The third-order valence-electron chi connectivity index (χ3n) is 9.15. The predicted octanol–water partition coefficient (Wildman–Crippen LogP) is 3.71. The molecule has 35 heavy (non-hydrogen) atoms. The van der Waals surface area contributed by atoms with Crippen LogP contribution in [0.1, 0.15) is 69.2 Å². The monoisotopic (exact) mass is 480 g/mol. The molecule has 1 aromatic rings. The van der Waals surface area contributed by atoms with Crippen molar-refractivity contribution < 1.29 is 24.2 Å². The van der Waals surface area contributed by atoms with Gasteiger partial charge in [-0.05, 0) is 50.8 Å². The van der Waals surface area contributed by atoms with E-state index in [0.29, 0.717) is 13.0 Å². The molecule has 1 N–H and O–H groups in total. The van der Waals surface area contributed by atoms with Gasteiger partial charge in [-0.15, -0.1) is 0 Å². The molecule has 0 aromatic heterocycles. The van der Waals surface area contributed by atoms with Crippen LogP contribution in [0.25, 0.3) is 0 Å². The summed E-state index contributed by atoms with van der Waals surface area (Å²) < 4.78 is 5.99. The zero-order valence-electron chi connectivity index (χ0n) is 20.8. The van der Waals surface area contributed by atoms with Gasteiger partial charge in [-0.3, -0.25) is 9.59 Å². The van der Waals surface area contributed by atoms with E-state index in [0.717, 1.165) is 50.1 Å². The van der Waals surface area contributed by atoms with Crippen LogP contribution in [-0.4, -0.2) is 59.6 Å². The molecule has 2 aliphatic heterocycles. The minimum absolute atomic E-state index is 0.112. The lowest BCUT2D eigenvalue weighted by molar-refractivity contribution is -0.254. The van der Waals surface area contributed by atoms with Crippen LogP contribution in [0.15, 0.2) is 36.4 Å². The van der Waals surface area contributed by atoms with E-state index in [-0.39, 0.29) is 41.5 Å². The van der Waals surface area contributed by atoms with Crippen LogP contribution >= 0.6 is 0 Å². The summed E-state index contributed by atoms with van der Waals surface area (Å²) in [7, 11) is 0. The second kappa shape index (κ2) is 8.86. The van der Waals surface area contributed by atoms with E-state index in [1.54, 1.807) is 31.2 Å². The van der Waals surface area contributed by atoms with Gasteiger partial charge in [-0.1, -0.05) is 44.6 Å². The van der Waals surface area contributed by atoms with E-state index in [4.69, 9.17) is 4.74 Å². The number of likely N-dealkylation sites (tertiary alicyclic amines) is 1. The Balaban J connectivity index is 1.44. The molecule has 4 aliphatic rings. The molecule has 2 amide bonds. The smallest absolute Gasteiger partial charge is 0.340 e. The van der Waals surface area contributed by atoms with Crippen LogP contribution < -0.4 is 4.90 Å². The number of hydrogen-bond donors (Lipinski definition) is 1. The Bertz CT molecular complexity index is 1070. The molecular formula is C28H36N2O5. The second-order valence-electron chi connectivity index (χ2n) is 11.1. The number of imide groups is 1. The normalized spacial score (nSPS) is 35.1.